The van der Waals surface area contributed by atoms with Crippen molar-refractivity contribution in [3.05, 3.63) is 34.7 Å². The van der Waals surface area contributed by atoms with Crippen LogP contribution in [0.5, 0.6) is 0 Å². The minimum atomic E-state index is 0.00497. The van der Waals surface area contributed by atoms with E-state index in [4.69, 9.17) is 0 Å². The Hall–Kier alpha value is -1.40. The normalized spacial score (nSPS) is 28.1. The van der Waals surface area contributed by atoms with E-state index in [2.05, 4.69) is 31.1 Å². The predicted molar refractivity (Wildman–Crippen MR) is 78.7 cm³/mol. The summed E-state index contributed by atoms with van der Waals surface area (Å²) in [6.07, 6.45) is 4.95. The van der Waals surface area contributed by atoms with Crippen molar-refractivity contribution in [1.82, 2.24) is 19.6 Å². The summed E-state index contributed by atoms with van der Waals surface area (Å²) in [7, 11) is 0. The largest absolute Gasteiger partial charge is 0.348 e. The van der Waals surface area contributed by atoms with Crippen molar-refractivity contribution in [2.45, 2.75) is 12.5 Å². The van der Waals surface area contributed by atoms with Crippen molar-refractivity contribution in [3.8, 4) is 0 Å². The molecule has 1 N–H and O–H groups in total. The first kappa shape index (κ1) is 12.3. The first-order valence-corrected chi connectivity index (χ1v) is 7.66. The molecule has 1 amide bonds. The zero-order valence-corrected chi connectivity index (χ0v) is 12.5. The molecule has 20 heavy (non-hydrogen) atoms. The van der Waals surface area contributed by atoms with Crippen LogP contribution in [0.4, 0.5) is 0 Å². The van der Waals surface area contributed by atoms with E-state index >= 15 is 0 Å². The molecule has 2 fully saturated rings. The number of fused-ring (bicyclic) bond motifs is 3. The van der Waals surface area contributed by atoms with E-state index < -0.39 is 0 Å². The van der Waals surface area contributed by atoms with Gasteiger partial charge in [-0.25, -0.2) is 4.98 Å². The molecule has 2 aromatic heterocycles. The van der Waals surface area contributed by atoms with Crippen LogP contribution in [-0.2, 0) is 0 Å². The van der Waals surface area contributed by atoms with Crippen LogP contribution in [0.1, 0.15) is 16.8 Å². The number of nitrogens with one attached hydrogen (secondary N) is 1. The Labute approximate surface area is 125 Å². The Kier molecular flexibility index (Phi) is 2.82. The molecule has 0 spiro atoms. The lowest BCUT2D eigenvalue weighted by atomic mass is 10.00. The summed E-state index contributed by atoms with van der Waals surface area (Å²) in [4.78, 5) is 19.1. The number of nitrogens with zero attached hydrogens (tertiary/aromatic N) is 3. The summed E-state index contributed by atoms with van der Waals surface area (Å²) in [5.41, 5.74) is 1.45. The van der Waals surface area contributed by atoms with Crippen molar-refractivity contribution in [3.63, 3.8) is 0 Å². The van der Waals surface area contributed by atoms with Gasteiger partial charge >= 0.3 is 0 Å². The van der Waals surface area contributed by atoms with Crippen LogP contribution in [0, 0.1) is 5.92 Å². The van der Waals surface area contributed by atoms with Gasteiger partial charge in [-0.2, -0.15) is 0 Å². The number of hydrogen-bond donors (Lipinski definition) is 1. The average Bonchev–Trinajstić information content (AvgIpc) is 3.10. The number of halogens is 1. The van der Waals surface area contributed by atoms with E-state index in [0.29, 0.717) is 17.5 Å². The van der Waals surface area contributed by atoms with Gasteiger partial charge in [0.2, 0.25) is 0 Å². The lowest BCUT2D eigenvalue weighted by molar-refractivity contribution is 0.0924. The average molecular weight is 335 g/mol. The first-order valence-electron chi connectivity index (χ1n) is 6.86. The quantitative estimate of drug-likeness (QED) is 0.906. The maximum absolute atomic E-state index is 12.3. The van der Waals surface area contributed by atoms with Crippen molar-refractivity contribution < 1.29 is 4.79 Å². The minimum Gasteiger partial charge on any atom is -0.348 e. The number of aromatic nitrogens is 2. The summed E-state index contributed by atoms with van der Waals surface area (Å²) < 4.78 is 2.67. The highest BCUT2D eigenvalue weighted by atomic mass is 79.9. The standard InChI is InChI=1S/C14H15BrN4O/c15-12-8-19-4-2-9(5-13(19)17-12)14(20)16-11-7-18-3-1-10(11)6-18/h2,4-5,8,10-11H,1,3,6-7H2,(H,16,20)/t10-,11?/m0/s1. The number of piperidine rings is 1. The van der Waals surface area contributed by atoms with E-state index in [0.717, 1.165) is 23.3 Å². The Balaban J connectivity index is 1.54. The molecular formula is C14H15BrN4O. The second kappa shape index (κ2) is 4.56. The molecule has 2 unspecified atom stereocenters. The number of pyridine rings is 1. The molecule has 0 radical (unpaired) electrons. The zero-order valence-electron chi connectivity index (χ0n) is 10.9. The minimum absolute atomic E-state index is 0.00497. The third-order valence-electron chi connectivity index (χ3n) is 4.34. The molecule has 2 saturated heterocycles. The molecule has 4 heterocycles. The number of carbonyl (C=O) groups is 1. The van der Waals surface area contributed by atoms with E-state index in [1.165, 1.54) is 13.0 Å². The lowest BCUT2D eigenvalue weighted by Crippen LogP contribution is -2.43. The topological polar surface area (TPSA) is 49.6 Å². The summed E-state index contributed by atoms with van der Waals surface area (Å²) in [5, 5.41) is 3.17. The predicted octanol–water partition coefficient (Wildman–Crippen LogP) is 1.53. The van der Waals surface area contributed by atoms with Gasteiger partial charge in [0, 0.05) is 37.1 Å². The fourth-order valence-corrected chi connectivity index (χ4v) is 3.69. The number of imidazole rings is 1. The molecule has 4 rings (SSSR count). The van der Waals surface area contributed by atoms with Gasteiger partial charge in [-0.1, -0.05) is 0 Å². The van der Waals surface area contributed by atoms with Crippen molar-refractivity contribution in [2.24, 2.45) is 5.92 Å². The number of amides is 1. The van der Waals surface area contributed by atoms with E-state index in [-0.39, 0.29) is 5.91 Å². The number of hydrogen-bond acceptors (Lipinski definition) is 3. The molecular weight excluding hydrogens is 320 g/mol. The second-order valence-electron chi connectivity index (χ2n) is 5.63. The van der Waals surface area contributed by atoms with E-state index in [1.807, 2.05) is 28.9 Å². The highest BCUT2D eigenvalue weighted by Gasteiger charge is 2.38. The fourth-order valence-electron chi connectivity index (χ4n) is 3.29. The Morgan fingerprint density at radius 3 is 3.10 bits per heavy atom. The van der Waals surface area contributed by atoms with Gasteiger partial charge in [-0.05, 0) is 46.9 Å². The monoisotopic (exact) mass is 334 g/mol. The number of carbonyl (C=O) groups excluding carboxylic acids is 1. The van der Waals surface area contributed by atoms with Crippen LogP contribution in [0.2, 0.25) is 0 Å². The van der Waals surface area contributed by atoms with Crippen LogP contribution in [0.25, 0.3) is 5.65 Å². The Bertz CT molecular complexity index is 683. The second-order valence-corrected chi connectivity index (χ2v) is 6.45. The Morgan fingerprint density at radius 1 is 1.45 bits per heavy atom. The van der Waals surface area contributed by atoms with Gasteiger partial charge < -0.3 is 14.6 Å². The van der Waals surface area contributed by atoms with Crippen molar-refractivity contribution in [2.75, 3.05) is 19.6 Å². The molecule has 6 heteroatoms. The fraction of sp³-hybridized carbons (Fsp3) is 0.429. The van der Waals surface area contributed by atoms with Crippen molar-refractivity contribution in [1.29, 1.82) is 0 Å². The van der Waals surface area contributed by atoms with E-state index in [9.17, 15) is 4.79 Å². The maximum atomic E-state index is 12.3. The van der Waals surface area contributed by atoms with Crippen LogP contribution >= 0.6 is 15.9 Å². The number of rotatable bonds is 2. The van der Waals surface area contributed by atoms with Gasteiger partial charge in [0.1, 0.15) is 10.3 Å². The van der Waals surface area contributed by atoms with Crippen molar-refractivity contribution >= 4 is 27.5 Å². The summed E-state index contributed by atoms with van der Waals surface area (Å²) in [5.74, 6) is 0.633. The van der Waals surface area contributed by atoms with Gasteiger partial charge in [0.15, 0.2) is 0 Å². The van der Waals surface area contributed by atoms with Gasteiger partial charge in [-0.15, -0.1) is 0 Å². The molecule has 0 aromatic carbocycles. The van der Waals surface area contributed by atoms with Crippen LogP contribution < -0.4 is 5.32 Å². The SMILES string of the molecule is O=C(NC1CN2CC[C@H]1C2)c1ccn2cc(Br)nc2c1. The lowest BCUT2D eigenvalue weighted by Gasteiger charge is -2.23. The summed E-state index contributed by atoms with van der Waals surface area (Å²) in [6.45, 7) is 3.32. The summed E-state index contributed by atoms with van der Waals surface area (Å²) in [6, 6.07) is 3.97. The first-order chi connectivity index (χ1) is 9.69. The highest BCUT2D eigenvalue weighted by Crippen LogP contribution is 2.27. The van der Waals surface area contributed by atoms with Crippen LogP contribution in [0.3, 0.4) is 0 Å². The molecule has 2 aromatic rings. The van der Waals surface area contributed by atoms with Gasteiger partial charge in [0.25, 0.3) is 5.91 Å². The molecule has 2 aliphatic rings. The Morgan fingerprint density at radius 2 is 2.35 bits per heavy atom. The van der Waals surface area contributed by atoms with Crippen LogP contribution in [0.15, 0.2) is 29.1 Å². The van der Waals surface area contributed by atoms with Gasteiger partial charge in [-0.3, -0.25) is 4.79 Å². The molecule has 2 aliphatic heterocycles. The third kappa shape index (κ3) is 2.03. The molecule has 0 aliphatic carbocycles. The zero-order chi connectivity index (χ0) is 13.7. The smallest absolute Gasteiger partial charge is 0.251 e. The van der Waals surface area contributed by atoms with Crippen LogP contribution in [-0.4, -0.2) is 45.9 Å². The van der Waals surface area contributed by atoms with Gasteiger partial charge in [0.05, 0.1) is 0 Å². The summed E-state index contributed by atoms with van der Waals surface area (Å²) >= 11 is 3.34. The third-order valence-corrected chi connectivity index (χ3v) is 4.72. The highest BCUT2D eigenvalue weighted by molar-refractivity contribution is 9.10. The molecule has 104 valence electrons. The molecule has 5 nitrogen and oxygen atoms in total. The maximum Gasteiger partial charge on any atom is 0.251 e. The molecule has 0 saturated carbocycles. The molecule has 2 bridgehead atoms. The van der Waals surface area contributed by atoms with E-state index in [1.54, 1.807) is 0 Å². The molecule has 3 atom stereocenters.